The number of anilines is 1. The first-order chi connectivity index (χ1) is 14.6. The Morgan fingerprint density at radius 3 is 2.37 bits per heavy atom. The van der Waals surface area contributed by atoms with Crippen molar-refractivity contribution in [3.8, 4) is 0 Å². The van der Waals surface area contributed by atoms with Gasteiger partial charge in [-0.15, -0.1) is 0 Å². The van der Waals surface area contributed by atoms with Gasteiger partial charge >= 0.3 is 0 Å². The molecule has 0 aliphatic carbocycles. The molecule has 4 aromatic rings. The highest BCUT2D eigenvalue weighted by molar-refractivity contribution is 7.98. The van der Waals surface area contributed by atoms with Gasteiger partial charge in [0, 0.05) is 11.9 Å². The molecule has 0 unspecified atom stereocenters. The number of aromatic nitrogens is 3. The maximum Gasteiger partial charge on any atom is 0.169 e. The third kappa shape index (κ3) is 3.42. The second kappa shape index (κ2) is 7.89. The fraction of sp³-hybridized carbons (Fsp3) is 0.304. The lowest BCUT2D eigenvalue weighted by Crippen LogP contribution is -2.18. The topological polar surface area (TPSA) is 60.0 Å². The van der Waals surface area contributed by atoms with Crippen molar-refractivity contribution < 1.29 is 4.39 Å². The van der Waals surface area contributed by atoms with E-state index in [9.17, 15) is 4.39 Å². The largest absolute Gasteiger partial charge is 0.382 e. The number of imidazole rings is 1. The first-order valence-corrected chi connectivity index (χ1v) is 11.4. The van der Waals surface area contributed by atoms with Crippen molar-refractivity contribution in [2.75, 3.05) is 25.1 Å². The maximum atomic E-state index is 14.4. The lowest BCUT2D eigenvalue weighted by Gasteiger charge is -2.15. The zero-order valence-corrected chi connectivity index (χ0v) is 17.8. The Morgan fingerprint density at radius 2 is 1.67 bits per heavy atom. The normalized spacial score (nSPS) is 14.9. The van der Waals surface area contributed by atoms with Crippen LogP contribution in [-0.4, -0.2) is 38.8 Å². The molecule has 0 atom stereocenters. The molecular formula is C23H24FN5S. The number of benzene rings is 2. The fourth-order valence-corrected chi connectivity index (χ4v) is 4.87. The molecule has 2 aromatic carbocycles. The van der Waals surface area contributed by atoms with Crippen LogP contribution in [0, 0.1) is 5.82 Å². The number of likely N-dealkylation sites (tertiary alicyclic amines) is 1. The first-order valence-electron chi connectivity index (χ1n) is 10.2. The molecule has 2 aromatic heterocycles. The summed E-state index contributed by atoms with van der Waals surface area (Å²) in [7, 11) is 0. The van der Waals surface area contributed by atoms with Crippen molar-refractivity contribution in [2.45, 2.75) is 31.1 Å². The van der Waals surface area contributed by atoms with Crippen molar-refractivity contribution in [1.82, 2.24) is 19.4 Å². The van der Waals surface area contributed by atoms with Crippen LogP contribution < -0.4 is 5.73 Å². The Bertz CT molecular complexity index is 1210. The lowest BCUT2D eigenvalue weighted by molar-refractivity contribution is 0.331. The Kier molecular flexibility index (Phi) is 5.08. The van der Waals surface area contributed by atoms with E-state index in [1.165, 1.54) is 43.1 Å². The highest BCUT2D eigenvalue weighted by Crippen LogP contribution is 2.33. The summed E-state index contributed by atoms with van der Waals surface area (Å²) in [6.45, 7) is 4.04. The molecule has 5 nitrogen and oxygen atoms in total. The fourth-order valence-electron chi connectivity index (χ4n) is 4.31. The van der Waals surface area contributed by atoms with Gasteiger partial charge in [0.25, 0.3) is 0 Å². The number of pyridine rings is 1. The number of rotatable bonds is 5. The number of nitrogen functional groups attached to an aromatic ring is 1. The van der Waals surface area contributed by atoms with Crippen LogP contribution in [0.2, 0.25) is 0 Å². The maximum absolute atomic E-state index is 14.4. The molecule has 0 radical (unpaired) electrons. The highest BCUT2D eigenvalue weighted by Gasteiger charge is 2.19. The third-order valence-electron chi connectivity index (χ3n) is 5.80. The van der Waals surface area contributed by atoms with Crippen LogP contribution in [0.5, 0.6) is 0 Å². The van der Waals surface area contributed by atoms with E-state index in [2.05, 4.69) is 38.7 Å². The molecule has 30 heavy (non-hydrogen) atoms. The Morgan fingerprint density at radius 1 is 0.967 bits per heavy atom. The average molecular weight is 422 g/mol. The van der Waals surface area contributed by atoms with E-state index in [-0.39, 0.29) is 17.2 Å². The minimum Gasteiger partial charge on any atom is -0.382 e. The molecule has 1 fully saturated rings. The third-order valence-corrected chi connectivity index (χ3v) is 6.48. The van der Waals surface area contributed by atoms with E-state index in [1.54, 1.807) is 17.8 Å². The molecule has 1 aliphatic heterocycles. The molecule has 0 bridgehead atoms. The van der Waals surface area contributed by atoms with Crippen LogP contribution in [0.4, 0.5) is 10.2 Å². The van der Waals surface area contributed by atoms with Crippen molar-refractivity contribution in [3.05, 3.63) is 59.4 Å². The highest BCUT2D eigenvalue weighted by atomic mass is 32.2. The van der Waals surface area contributed by atoms with Gasteiger partial charge in [-0.1, -0.05) is 48.2 Å². The molecule has 0 spiro atoms. The van der Waals surface area contributed by atoms with Crippen molar-refractivity contribution in [3.63, 3.8) is 0 Å². The number of para-hydroxylation sites is 1. The number of nitrogens with two attached hydrogens (primary N) is 1. The van der Waals surface area contributed by atoms with Gasteiger partial charge in [0.15, 0.2) is 11.0 Å². The summed E-state index contributed by atoms with van der Waals surface area (Å²) >= 11 is 1.55. The summed E-state index contributed by atoms with van der Waals surface area (Å²) in [5.41, 5.74) is 10.4. The number of hydrogen-bond acceptors (Lipinski definition) is 5. The predicted octanol–water partition coefficient (Wildman–Crippen LogP) is 4.67. The molecule has 0 amide bonds. The number of fused-ring (bicyclic) bond motifs is 3. The first kappa shape index (κ1) is 19.3. The van der Waals surface area contributed by atoms with Gasteiger partial charge in [0.1, 0.15) is 16.9 Å². The SMILES string of the molecule is CSc1nc2c(N)nc3c(F)cccc3c2n1Cc1ccc(CN2CCCC2)cc1. The summed E-state index contributed by atoms with van der Waals surface area (Å²) in [5.74, 6) is -0.108. The minimum atomic E-state index is -0.370. The number of halogens is 1. The quantitative estimate of drug-likeness (QED) is 0.475. The van der Waals surface area contributed by atoms with E-state index in [1.807, 2.05) is 12.3 Å². The van der Waals surface area contributed by atoms with Gasteiger partial charge < -0.3 is 10.3 Å². The second-order valence-corrected chi connectivity index (χ2v) is 8.59. The zero-order valence-electron chi connectivity index (χ0n) is 16.9. The Labute approximate surface area is 179 Å². The molecule has 0 saturated carbocycles. The predicted molar refractivity (Wildman–Crippen MR) is 121 cm³/mol. The van der Waals surface area contributed by atoms with Crippen LogP contribution in [0.1, 0.15) is 24.0 Å². The van der Waals surface area contributed by atoms with E-state index >= 15 is 0 Å². The monoisotopic (exact) mass is 421 g/mol. The molecule has 1 aliphatic rings. The van der Waals surface area contributed by atoms with Gasteiger partial charge in [0.05, 0.1) is 12.1 Å². The minimum absolute atomic E-state index is 0.262. The van der Waals surface area contributed by atoms with Crippen molar-refractivity contribution in [2.24, 2.45) is 0 Å². The molecule has 154 valence electrons. The van der Waals surface area contributed by atoms with E-state index in [0.717, 1.165) is 22.6 Å². The van der Waals surface area contributed by atoms with Crippen LogP contribution in [0.25, 0.3) is 21.9 Å². The molecule has 2 N–H and O–H groups in total. The average Bonchev–Trinajstić information content (AvgIpc) is 3.39. The van der Waals surface area contributed by atoms with E-state index < -0.39 is 0 Å². The van der Waals surface area contributed by atoms with E-state index in [0.29, 0.717) is 12.1 Å². The summed E-state index contributed by atoms with van der Waals surface area (Å²) in [6.07, 6.45) is 4.59. The lowest BCUT2D eigenvalue weighted by atomic mass is 10.1. The smallest absolute Gasteiger partial charge is 0.169 e. The van der Waals surface area contributed by atoms with Crippen molar-refractivity contribution in [1.29, 1.82) is 0 Å². The summed E-state index contributed by atoms with van der Waals surface area (Å²) in [4.78, 5) is 11.5. The molecule has 1 saturated heterocycles. The van der Waals surface area contributed by atoms with Crippen LogP contribution in [0.3, 0.4) is 0 Å². The Hall–Kier alpha value is -2.64. The van der Waals surface area contributed by atoms with Crippen LogP contribution >= 0.6 is 11.8 Å². The van der Waals surface area contributed by atoms with Gasteiger partial charge in [-0.25, -0.2) is 14.4 Å². The second-order valence-electron chi connectivity index (χ2n) is 7.81. The zero-order chi connectivity index (χ0) is 20.7. The number of nitrogens with zero attached hydrogens (tertiary/aromatic N) is 4. The number of hydrogen-bond donors (Lipinski definition) is 1. The molecular weight excluding hydrogens is 397 g/mol. The summed E-state index contributed by atoms with van der Waals surface area (Å²) in [6, 6.07) is 13.8. The molecule has 5 rings (SSSR count). The summed E-state index contributed by atoms with van der Waals surface area (Å²) in [5, 5.41) is 1.58. The molecule has 3 heterocycles. The summed E-state index contributed by atoms with van der Waals surface area (Å²) < 4.78 is 16.5. The standard InChI is InChI=1S/C23H24FN5S/c1-30-23-27-20-21(17-5-4-6-18(24)19(17)26-22(20)25)29(23)14-16-9-7-15(8-10-16)13-28-11-2-3-12-28/h4-10H,2-3,11-14H2,1H3,(H2,25,26). The van der Waals surface area contributed by atoms with Gasteiger partial charge in [-0.3, -0.25) is 4.90 Å². The van der Waals surface area contributed by atoms with Crippen LogP contribution in [-0.2, 0) is 13.1 Å². The van der Waals surface area contributed by atoms with Crippen molar-refractivity contribution >= 4 is 39.5 Å². The van der Waals surface area contributed by atoms with Gasteiger partial charge in [-0.05, 0) is 49.4 Å². The number of thioether (sulfide) groups is 1. The molecule has 7 heteroatoms. The van der Waals surface area contributed by atoms with E-state index in [4.69, 9.17) is 10.7 Å². The Balaban J connectivity index is 1.55. The van der Waals surface area contributed by atoms with Crippen LogP contribution in [0.15, 0.2) is 47.6 Å². The van der Waals surface area contributed by atoms with Gasteiger partial charge in [-0.2, -0.15) is 0 Å². The van der Waals surface area contributed by atoms with Gasteiger partial charge in [0.2, 0.25) is 0 Å².